The van der Waals surface area contributed by atoms with Crippen LogP contribution in [0.4, 0.5) is 17.5 Å². The molecule has 1 aliphatic rings. The summed E-state index contributed by atoms with van der Waals surface area (Å²) >= 11 is 0. The number of nitrogen functional groups attached to an aromatic ring is 1. The number of pyridine rings is 1. The van der Waals surface area contributed by atoms with Gasteiger partial charge in [0.1, 0.15) is 11.6 Å². The molecule has 3 rings (SSSR count). The van der Waals surface area contributed by atoms with Crippen LogP contribution in [0.25, 0.3) is 11.4 Å². The highest BCUT2D eigenvalue weighted by molar-refractivity contribution is 7.92. The van der Waals surface area contributed by atoms with Gasteiger partial charge in [-0.3, -0.25) is 0 Å². The Morgan fingerprint density at radius 1 is 1.30 bits per heavy atom. The maximum absolute atomic E-state index is 12.2. The first-order valence-corrected chi connectivity index (χ1v) is 10.8. The Kier molecular flexibility index (Phi) is 5.47. The van der Waals surface area contributed by atoms with Gasteiger partial charge in [-0.2, -0.15) is 9.35 Å². The van der Waals surface area contributed by atoms with Crippen molar-refractivity contribution in [3.8, 4) is 17.3 Å². The average Bonchev–Trinajstić information content (AvgIpc) is 2.59. The van der Waals surface area contributed by atoms with Crippen molar-refractivity contribution < 1.29 is 13.7 Å². The van der Waals surface area contributed by atoms with E-state index in [9.17, 15) is 4.21 Å². The molecule has 2 aromatic rings. The molecule has 0 aromatic carbocycles. The average molecular weight is 392 g/mol. The first kappa shape index (κ1) is 19.3. The normalized spacial score (nSPS) is 17.6. The van der Waals surface area contributed by atoms with Gasteiger partial charge in [0.25, 0.3) is 0 Å². The second kappa shape index (κ2) is 7.65. The minimum absolute atomic E-state index is 0.152. The van der Waals surface area contributed by atoms with Crippen LogP contribution in [0.15, 0.2) is 22.6 Å². The van der Waals surface area contributed by atoms with Gasteiger partial charge in [-0.1, -0.05) is 0 Å². The van der Waals surface area contributed by atoms with E-state index in [1.54, 1.807) is 30.7 Å². The second-order valence-electron chi connectivity index (χ2n) is 6.62. The van der Waals surface area contributed by atoms with Crippen molar-refractivity contribution in [3.05, 3.63) is 18.2 Å². The molecule has 0 spiro atoms. The van der Waals surface area contributed by atoms with Crippen molar-refractivity contribution in [2.75, 3.05) is 50.0 Å². The molecule has 10 heteroatoms. The third-order valence-electron chi connectivity index (χ3n) is 3.96. The fourth-order valence-corrected chi connectivity index (χ4v) is 3.34. The maximum atomic E-state index is 12.2. The predicted molar refractivity (Wildman–Crippen MR) is 106 cm³/mol. The fraction of sp³-hybridized carbons (Fsp3) is 0.471. The smallest absolute Gasteiger partial charge is 0.215 e. The summed E-state index contributed by atoms with van der Waals surface area (Å²) in [5.74, 6) is 2.14. The standard InChI is InChI=1S/C17H24N6O3S/c1-11-10-26-6-5-23(11)15-9-14(22-27(3,4)24)20-17(21-15)12-7-13(18)19-16(8-12)25-2/h7-9,11H,5-6,10H2,1-4H3,(H2,18,19)/t11-/m1/s1. The van der Waals surface area contributed by atoms with Gasteiger partial charge < -0.3 is 20.1 Å². The van der Waals surface area contributed by atoms with E-state index in [0.717, 1.165) is 0 Å². The van der Waals surface area contributed by atoms with E-state index in [0.29, 0.717) is 54.5 Å². The minimum Gasteiger partial charge on any atom is -0.481 e. The molecule has 146 valence electrons. The van der Waals surface area contributed by atoms with Crippen LogP contribution in [0.3, 0.4) is 0 Å². The third kappa shape index (κ3) is 4.83. The van der Waals surface area contributed by atoms with Crippen LogP contribution in [0.1, 0.15) is 6.92 Å². The summed E-state index contributed by atoms with van der Waals surface area (Å²) in [4.78, 5) is 15.4. The molecular formula is C17H24N6O3S. The lowest BCUT2D eigenvalue weighted by Gasteiger charge is -2.34. The Bertz CT molecular complexity index is 950. The number of methoxy groups -OCH3 is 1. The van der Waals surface area contributed by atoms with E-state index in [-0.39, 0.29) is 6.04 Å². The molecule has 0 bridgehead atoms. The van der Waals surface area contributed by atoms with E-state index in [1.807, 2.05) is 0 Å². The van der Waals surface area contributed by atoms with Crippen molar-refractivity contribution in [1.82, 2.24) is 15.0 Å². The highest BCUT2D eigenvalue weighted by Crippen LogP contribution is 2.28. The van der Waals surface area contributed by atoms with Gasteiger partial charge in [-0.15, -0.1) is 0 Å². The molecule has 1 atom stereocenters. The van der Waals surface area contributed by atoms with Crippen molar-refractivity contribution in [2.24, 2.45) is 4.36 Å². The monoisotopic (exact) mass is 392 g/mol. The highest BCUT2D eigenvalue weighted by Gasteiger charge is 2.22. The number of anilines is 2. The number of nitrogens with zero attached hydrogens (tertiary/aromatic N) is 5. The van der Waals surface area contributed by atoms with Gasteiger partial charge in [0.15, 0.2) is 11.6 Å². The van der Waals surface area contributed by atoms with Crippen LogP contribution < -0.4 is 15.4 Å². The van der Waals surface area contributed by atoms with E-state index in [2.05, 4.69) is 26.2 Å². The summed E-state index contributed by atoms with van der Waals surface area (Å²) in [5, 5.41) is 0. The molecule has 1 fully saturated rings. The molecular weight excluding hydrogens is 368 g/mol. The van der Waals surface area contributed by atoms with Gasteiger partial charge in [0.05, 0.1) is 26.4 Å². The minimum atomic E-state index is -2.38. The summed E-state index contributed by atoms with van der Waals surface area (Å²) < 4.78 is 27.2. The van der Waals surface area contributed by atoms with Crippen LogP contribution in [0.5, 0.6) is 5.88 Å². The molecule has 0 radical (unpaired) electrons. The van der Waals surface area contributed by atoms with Crippen LogP contribution in [-0.2, 0) is 14.5 Å². The molecule has 2 N–H and O–H groups in total. The van der Waals surface area contributed by atoms with Crippen LogP contribution in [-0.4, -0.2) is 64.6 Å². The first-order valence-electron chi connectivity index (χ1n) is 8.48. The lowest BCUT2D eigenvalue weighted by Crippen LogP contribution is -2.44. The molecule has 9 nitrogen and oxygen atoms in total. The lowest BCUT2D eigenvalue weighted by atomic mass is 10.2. The summed E-state index contributed by atoms with van der Waals surface area (Å²) in [6.45, 7) is 3.99. The fourth-order valence-electron chi connectivity index (χ4n) is 2.80. The van der Waals surface area contributed by atoms with E-state index >= 15 is 0 Å². The zero-order valence-corrected chi connectivity index (χ0v) is 16.7. The highest BCUT2D eigenvalue weighted by atomic mass is 32.2. The van der Waals surface area contributed by atoms with E-state index in [4.69, 9.17) is 20.2 Å². The molecule has 2 aromatic heterocycles. The number of hydrogen-bond acceptors (Lipinski definition) is 9. The Balaban J connectivity index is 2.15. The van der Waals surface area contributed by atoms with Gasteiger partial charge in [-0.05, 0) is 13.0 Å². The van der Waals surface area contributed by atoms with Crippen molar-refractivity contribution in [1.29, 1.82) is 0 Å². The quantitative estimate of drug-likeness (QED) is 0.836. The maximum Gasteiger partial charge on any atom is 0.215 e. The van der Waals surface area contributed by atoms with E-state index < -0.39 is 9.73 Å². The van der Waals surface area contributed by atoms with E-state index in [1.165, 1.54) is 7.11 Å². The lowest BCUT2D eigenvalue weighted by molar-refractivity contribution is 0.0985. The Hall–Kier alpha value is -2.46. The number of nitrogens with two attached hydrogens (primary N) is 1. The van der Waals surface area contributed by atoms with Crippen molar-refractivity contribution >= 4 is 27.2 Å². The molecule has 0 aliphatic carbocycles. The van der Waals surface area contributed by atoms with Crippen molar-refractivity contribution in [2.45, 2.75) is 13.0 Å². The Morgan fingerprint density at radius 3 is 2.74 bits per heavy atom. The third-order valence-corrected chi connectivity index (χ3v) is 4.59. The number of morpholine rings is 1. The second-order valence-corrected chi connectivity index (χ2v) is 9.17. The topological polar surface area (TPSA) is 116 Å². The van der Waals surface area contributed by atoms with Gasteiger partial charge in [-0.25, -0.2) is 14.2 Å². The zero-order chi connectivity index (χ0) is 19.6. The molecule has 1 aliphatic heterocycles. The zero-order valence-electron chi connectivity index (χ0n) is 15.9. The summed E-state index contributed by atoms with van der Waals surface area (Å²) in [7, 11) is -0.862. The molecule has 3 heterocycles. The Labute approximate surface area is 159 Å². The molecule has 0 unspecified atom stereocenters. The largest absolute Gasteiger partial charge is 0.481 e. The van der Waals surface area contributed by atoms with Crippen LogP contribution >= 0.6 is 0 Å². The molecule has 0 amide bonds. The number of rotatable bonds is 4. The predicted octanol–water partition coefficient (Wildman–Crippen LogP) is 1.71. The van der Waals surface area contributed by atoms with Crippen LogP contribution in [0, 0.1) is 0 Å². The molecule has 1 saturated heterocycles. The summed E-state index contributed by atoms with van der Waals surface area (Å²) in [5.41, 5.74) is 6.52. The van der Waals surface area contributed by atoms with Crippen LogP contribution in [0.2, 0.25) is 0 Å². The molecule has 0 saturated carbocycles. The van der Waals surface area contributed by atoms with Gasteiger partial charge in [0, 0.05) is 46.5 Å². The Morgan fingerprint density at radius 2 is 2.07 bits per heavy atom. The number of aromatic nitrogens is 3. The summed E-state index contributed by atoms with van der Waals surface area (Å²) in [6.07, 6.45) is 3.14. The van der Waals surface area contributed by atoms with Gasteiger partial charge in [0.2, 0.25) is 5.88 Å². The SMILES string of the molecule is COc1cc(-c2nc(N=S(C)(C)=O)cc(N3CCOC[C@H]3C)n2)cc(N)n1. The number of ether oxygens (including phenoxy) is 2. The number of hydrogen-bond donors (Lipinski definition) is 1. The van der Waals surface area contributed by atoms with Gasteiger partial charge >= 0.3 is 0 Å². The summed E-state index contributed by atoms with van der Waals surface area (Å²) in [6, 6.07) is 5.28. The molecule has 27 heavy (non-hydrogen) atoms. The van der Waals surface area contributed by atoms with Crippen molar-refractivity contribution in [3.63, 3.8) is 0 Å². The first-order chi connectivity index (χ1) is 12.7.